The van der Waals surface area contributed by atoms with E-state index in [0.29, 0.717) is 17.6 Å². The SMILES string of the molecule is CC(C)c1cccc(C(C)C)c1NC(=O)CN1C(=O)CSc2ccccc21. The number of amides is 2. The van der Waals surface area contributed by atoms with Crippen LogP contribution in [-0.2, 0) is 9.59 Å². The first-order valence-corrected chi connectivity index (χ1v) is 10.3. The average molecular weight is 383 g/mol. The lowest BCUT2D eigenvalue weighted by atomic mass is 9.92. The van der Waals surface area contributed by atoms with Crippen LogP contribution in [0.3, 0.4) is 0 Å². The second-order valence-corrected chi connectivity index (χ2v) is 8.42. The van der Waals surface area contributed by atoms with Crippen LogP contribution in [0, 0.1) is 0 Å². The minimum absolute atomic E-state index is 0.0281. The maximum Gasteiger partial charge on any atom is 0.244 e. The van der Waals surface area contributed by atoms with Gasteiger partial charge in [-0.25, -0.2) is 0 Å². The quantitative estimate of drug-likeness (QED) is 0.791. The van der Waals surface area contributed by atoms with Crippen molar-refractivity contribution in [2.75, 3.05) is 22.5 Å². The number of hydrogen-bond donors (Lipinski definition) is 1. The molecule has 0 bridgehead atoms. The van der Waals surface area contributed by atoms with Crippen LogP contribution in [0.5, 0.6) is 0 Å². The lowest BCUT2D eigenvalue weighted by Gasteiger charge is -2.29. The predicted molar refractivity (Wildman–Crippen MR) is 113 cm³/mol. The van der Waals surface area contributed by atoms with Crippen LogP contribution in [0.15, 0.2) is 47.4 Å². The zero-order valence-electron chi connectivity index (χ0n) is 16.3. The molecular weight excluding hydrogens is 356 g/mol. The lowest BCUT2D eigenvalue weighted by Crippen LogP contribution is -2.41. The Morgan fingerprint density at radius 3 is 2.30 bits per heavy atom. The minimum Gasteiger partial charge on any atom is -0.324 e. The number of rotatable bonds is 5. The lowest BCUT2D eigenvalue weighted by molar-refractivity contribution is -0.120. The molecule has 0 saturated carbocycles. The van der Waals surface area contributed by atoms with Gasteiger partial charge in [0.2, 0.25) is 11.8 Å². The van der Waals surface area contributed by atoms with Gasteiger partial charge in [-0.1, -0.05) is 58.0 Å². The van der Waals surface area contributed by atoms with Crippen molar-refractivity contribution in [1.29, 1.82) is 0 Å². The van der Waals surface area contributed by atoms with Crippen LogP contribution in [0.25, 0.3) is 0 Å². The number of thioether (sulfide) groups is 1. The topological polar surface area (TPSA) is 49.4 Å². The van der Waals surface area contributed by atoms with Crippen molar-refractivity contribution in [3.8, 4) is 0 Å². The first kappa shape index (κ1) is 19.5. The summed E-state index contributed by atoms with van der Waals surface area (Å²) < 4.78 is 0. The van der Waals surface area contributed by atoms with Crippen molar-refractivity contribution in [1.82, 2.24) is 0 Å². The Morgan fingerprint density at radius 1 is 1.04 bits per heavy atom. The van der Waals surface area contributed by atoms with E-state index >= 15 is 0 Å². The molecule has 142 valence electrons. The van der Waals surface area contributed by atoms with E-state index in [1.54, 1.807) is 4.90 Å². The normalized spacial score (nSPS) is 13.9. The average Bonchev–Trinajstić information content (AvgIpc) is 2.64. The standard InChI is InChI=1S/C22H26N2O2S/c1-14(2)16-8-7-9-17(15(3)4)22(16)23-20(25)12-24-18-10-5-6-11-19(18)27-13-21(24)26/h5-11,14-15H,12-13H2,1-4H3,(H,23,25). The largest absolute Gasteiger partial charge is 0.324 e. The fourth-order valence-corrected chi connectivity index (χ4v) is 4.28. The first-order valence-electron chi connectivity index (χ1n) is 9.33. The summed E-state index contributed by atoms with van der Waals surface area (Å²) in [6.07, 6.45) is 0. The van der Waals surface area contributed by atoms with Gasteiger partial charge in [0.25, 0.3) is 0 Å². The summed E-state index contributed by atoms with van der Waals surface area (Å²) in [5.74, 6) is 0.764. The van der Waals surface area contributed by atoms with Crippen molar-refractivity contribution in [2.24, 2.45) is 0 Å². The molecule has 0 aromatic heterocycles. The van der Waals surface area contributed by atoms with Gasteiger partial charge in [-0.05, 0) is 35.1 Å². The fraction of sp³-hybridized carbons (Fsp3) is 0.364. The zero-order valence-corrected chi connectivity index (χ0v) is 17.1. The Morgan fingerprint density at radius 2 is 1.67 bits per heavy atom. The Kier molecular flexibility index (Phi) is 5.90. The number of benzene rings is 2. The molecule has 27 heavy (non-hydrogen) atoms. The van der Waals surface area contributed by atoms with Crippen LogP contribution in [-0.4, -0.2) is 24.1 Å². The van der Waals surface area contributed by atoms with E-state index in [2.05, 4.69) is 45.1 Å². The van der Waals surface area contributed by atoms with Crippen LogP contribution < -0.4 is 10.2 Å². The summed E-state index contributed by atoms with van der Waals surface area (Å²) in [6, 6.07) is 13.9. The number of anilines is 2. The molecule has 4 nitrogen and oxygen atoms in total. The Bertz CT molecular complexity index is 835. The van der Waals surface area contributed by atoms with Gasteiger partial charge >= 0.3 is 0 Å². The smallest absolute Gasteiger partial charge is 0.244 e. The molecule has 0 radical (unpaired) electrons. The van der Waals surface area contributed by atoms with Gasteiger partial charge < -0.3 is 10.2 Å². The highest BCUT2D eigenvalue weighted by molar-refractivity contribution is 8.00. The number of nitrogens with zero attached hydrogens (tertiary/aromatic N) is 1. The van der Waals surface area contributed by atoms with Gasteiger partial charge in [-0.2, -0.15) is 0 Å². The van der Waals surface area contributed by atoms with E-state index in [1.807, 2.05) is 30.3 Å². The molecule has 0 unspecified atom stereocenters. The minimum atomic E-state index is -0.167. The summed E-state index contributed by atoms with van der Waals surface area (Å²) in [5, 5.41) is 3.10. The molecular formula is C22H26N2O2S. The molecule has 1 aliphatic heterocycles. The number of nitrogens with one attached hydrogen (secondary N) is 1. The predicted octanol–water partition coefficient (Wildman–Crippen LogP) is 5.01. The molecule has 1 N–H and O–H groups in total. The Balaban J connectivity index is 1.86. The maximum atomic E-state index is 12.9. The van der Waals surface area contributed by atoms with Crippen molar-refractivity contribution in [2.45, 2.75) is 44.4 Å². The van der Waals surface area contributed by atoms with Gasteiger partial charge in [-0.15, -0.1) is 11.8 Å². The van der Waals surface area contributed by atoms with E-state index in [0.717, 1.165) is 27.4 Å². The molecule has 5 heteroatoms. The van der Waals surface area contributed by atoms with Crippen molar-refractivity contribution >= 4 is 35.0 Å². The Hall–Kier alpha value is -2.27. The van der Waals surface area contributed by atoms with Crippen LogP contribution in [0.2, 0.25) is 0 Å². The molecule has 0 atom stereocenters. The van der Waals surface area contributed by atoms with Gasteiger partial charge in [0.1, 0.15) is 6.54 Å². The molecule has 2 aromatic carbocycles. The molecule has 0 saturated heterocycles. The second-order valence-electron chi connectivity index (χ2n) is 7.41. The van der Waals surface area contributed by atoms with Crippen LogP contribution in [0.1, 0.15) is 50.7 Å². The highest BCUT2D eigenvalue weighted by atomic mass is 32.2. The third kappa shape index (κ3) is 4.19. The van der Waals surface area contributed by atoms with Crippen LogP contribution in [0.4, 0.5) is 11.4 Å². The molecule has 0 fully saturated rings. The number of hydrogen-bond acceptors (Lipinski definition) is 3. The summed E-state index contributed by atoms with van der Waals surface area (Å²) in [6.45, 7) is 8.52. The van der Waals surface area contributed by atoms with E-state index in [9.17, 15) is 9.59 Å². The van der Waals surface area contributed by atoms with Gasteiger partial charge in [-0.3, -0.25) is 9.59 Å². The maximum absolute atomic E-state index is 12.9. The van der Waals surface area contributed by atoms with Gasteiger partial charge in [0.15, 0.2) is 0 Å². The van der Waals surface area contributed by atoms with E-state index in [4.69, 9.17) is 0 Å². The molecule has 0 aliphatic carbocycles. The zero-order chi connectivity index (χ0) is 19.6. The molecule has 0 spiro atoms. The van der Waals surface area contributed by atoms with E-state index < -0.39 is 0 Å². The summed E-state index contributed by atoms with van der Waals surface area (Å²) in [4.78, 5) is 27.9. The van der Waals surface area contributed by atoms with Crippen molar-refractivity contribution in [3.63, 3.8) is 0 Å². The van der Waals surface area contributed by atoms with E-state index in [1.165, 1.54) is 11.8 Å². The summed E-state index contributed by atoms with van der Waals surface area (Å²) >= 11 is 1.52. The van der Waals surface area contributed by atoms with Crippen LogP contribution >= 0.6 is 11.8 Å². The molecule has 1 aliphatic rings. The number of para-hydroxylation sites is 2. The molecule has 2 aromatic rings. The van der Waals surface area contributed by atoms with Gasteiger partial charge in [0.05, 0.1) is 11.4 Å². The Labute approximate surface area is 165 Å². The second kappa shape index (κ2) is 8.17. The monoisotopic (exact) mass is 382 g/mol. The van der Waals surface area contributed by atoms with Gasteiger partial charge in [0, 0.05) is 10.6 Å². The molecule has 3 rings (SSSR count). The van der Waals surface area contributed by atoms with E-state index in [-0.39, 0.29) is 18.4 Å². The fourth-order valence-electron chi connectivity index (χ4n) is 3.35. The third-order valence-corrected chi connectivity index (χ3v) is 5.79. The number of carbonyl (C=O) groups is 2. The summed E-state index contributed by atoms with van der Waals surface area (Å²) in [7, 11) is 0. The molecule has 2 amide bonds. The number of carbonyl (C=O) groups excluding carboxylic acids is 2. The van der Waals surface area contributed by atoms with Crippen molar-refractivity contribution in [3.05, 3.63) is 53.6 Å². The third-order valence-electron chi connectivity index (χ3n) is 4.75. The van der Waals surface area contributed by atoms with Crippen molar-refractivity contribution < 1.29 is 9.59 Å². The summed E-state index contributed by atoms with van der Waals surface area (Å²) in [5.41, 5.74) is 3.95. The molecule has 1 heterocycles. The number of fused-ring (bicyclic) bond motifs is 1. The first-order chi connectivity index (χ1) is 12.9. The highest BCUT2D eigenvalue weighted by Gasteiger charge is 2.27. The highest BCUT2D eigenvalue weighted by Crippen LogP contribution is 2.35.